The topological polar surface area (TPSA) is 72.0 Å². The van der Waals surface area contributed by atoms with Gasteiger partial charge in [0, 0.05) is 22.3 Å². The molecule has 1 heterocycles. The van der Waals surface area contributed by atoms with Crippen LogP contribution < -0.4 is 5.73 Å². The number of hydrogen-bond acceptors (Lipinski definition) is 4. The van der Waals surface area contributed by atoms with Crippen LogP contribution in [0.15, 0.2) is 30.6 Å². The minimum Gasteiger partial charge on any atom is -0.493 e. The Balaban J connectivity index is 2.58. The molecule has 0 atom stereocenters. The molecule has 5 heteroatoms. The van der Waals surface area contributed by atoms with Crippen LogP contribution in [0.5, 0.6) is 5.88 Å². The second-order valence-corrected chi connectivity index (χ2v) is 3.43. The number of halogens is 1. The lowest BCUT2D eigenvalue weighted by molar-refractivity contribution is 0.452. The first-order valence-corrected chi connectivity index (χ1v) is 4.61. The van der Waals surface area contributed by atoms with Gasteiger partial charge in [-0.2, -0.15) is 0 Å². The number of nitrogens with two attached hydrogens (primary N) is 1. The Morgan fingerprint density at radius 1 is 1.20 bits per heavy atom. The SMILES string of the molecule is Nc1ccc(Cl)cc1-c1cc(O)ncn1. The van der Waals surface area contributed by atoms with Crippen molar-refractivity contribution >= 4 is 17.3 Å². The smallest absolute Gasteiger partial charge is 0.214 e. The maximum Gasteiger partial charge on any atom is 0.214 e. The van der Waals surface area contributed by atoms with E-state index in [4.69, 9.17) is 17.3 Å². The predicted octanol–water partition coefficient (Wildman–Crippen LogP) is 2.08. The Bertz CT molecular complexity index is 502. The van der Waals surface area contributed by atoms with Crippen molar-refractivity contribution in [3.05, 3.63) is 35.6 Å². The number of rotatable bonds is 1. The molecule has 0 amide bonds. The maximum atomic E-state index is 9.21. The van der Waals surface area contributed by atoms with Crippen molar-refractivity contribution in [3.63, 3.8) is 0 Å². The van der Waals surface area contributed by atoms with Crippen LogP contribution in [-0.2, 0) is 0 Å². The van der Waals surface area contributed by atoms with Gasteiger partial charge in [-0.25, -0.2) is 9.97 Å². The zero-order chi connectivity index (χ0) is 10.8. The molecule has 0 spiro atoms. The van der Waals surface area contributed by atoms with Gasteiger partial charge in [0.15, 0.2) is 0 Å². The van der Waals surface area contributed by atoms with Gasteiger partial charge in [0.2, 0.25) is 5.88 Å². The molecule has 0 unspecified atom stereocenters. The van der Waals surface area contributed by atoms with Crippen LogP contribution in [0.1, 0.15) is 0 Å². The van der Waals surface area contributed by atoms with Crippen LogP contribution in [0.25, 0.3) is 11.3 Å². The number of aromatic hydroxyl groups is 1. The van der Waals surface area contributed by atoms with Gasteiger partial charge in [0.05, 0.1) is 5.69 Å². The van der Waals surface area contributed by atoms with Crippen LogP contribution in [0.4, 0.5) is 5.69 Å². The first-order valence-electron chi connectivity index (χ1n) is 4.23. The second-order valence-electron chi connectivity index (χ2n) is 2.99. The van der Waals surface area contributed by atoms with Gasteiger partial charge in [-0.3, -0.25) is 0 Å². The van der Waals surface area contributed by atoms with E-state index in [1.54, 1.807) is 18.2 Å². The molecule has 1 aromatic heterocycles. The summed E-state index contributed by atoms with van der Waals surface area (Å²) in [6.45, 7) is 0. The van der Waals surface area contributed by atoms with E-state index in [0.29, 0.717) is 22.0 Å². The van der Waals surface area contributed by atoms with E-state index in [0.717, 1.165) is 0 Å². The molecule has 3 N–H and O–H groups in total. The number of nitrogens with zero attached hydrogens (tertiary/aromatic N) is 2. The summed E-state index contributed by atoms with van der Waals surface area (Å²) in [7, 11) is 0. The molecule has 0 aliphatic rings. The molecule has 2 aromatic rings. The molecule has 4 nitrogen and oxygen atoms in total. The van der Waals surface area contributed by atoms with Crippen molar-refractivity contribution in [1.29, 1.82) is 0 Å². The van der Waals surface area contributed by atoms with Crippen LogP contribution >= 0.6 is 11.6 Å². The third kappa shape index (κ3) is 1.99. The lowest BCUT2D eigenvalue weighted by atomic mass is 10.1. The average molecular weight is 222 g/mol. The molecule has 15 heavy (non-hydrogen) atoms. The van der Waals surface area contributed by atoms with E-state index in [-0.39, 0.29) is 5.88 Å². The first kappa shape index (κ1) is 9.73. The Labute approximate surface area is 91.4 Å². The van der Waals surface area contributed by atoms with Crippen molar-refractivity contribution in [2.45, 2.75) is 0 Å². The van der Waals surface area contributed by atoms with Crippen molar-refractivity contribution in [2.24, 2.45) is 0 Å². The summed E-state index contributed by atoms with van der Waals surface area (Å²) in [5.41, 5.74) is 7.55. The molecule has 0 saturated carbocycles. The highest BCUT2D eigenvalue weighted by Gasteiger charge is 2.05. The summed E-state index contributed by atoms with van der Waals surface area (Å²) in [6.07, 6.45) is 1.27. The number of benzene rings is 1. The fourth-order valence-electron chi connectivity index (χ4n) is 1.24. The zero-order valence-corrected chi connectivity index (χ0v) is 8.44. The third-order valence-electron chi connectivity index (χ3n) is 1.94. The van der Waals surface area contributed by atoms with Crippen LogP contribution in [0, 0.1) is 0 Å². The third-order valence-corrected chi connectivity index (χ3v) is 2.18. The summed E-state index contributed by atoms with van der Waals surface area (Å²) in [4.78, 5) is 7.59. The van der Waals surface area contributed by atoms with Gasteiger partial charge < -0.3 is 10.8 Å². The molecule has 0 fully saturated rings. The number of aromatic nitrogens is 2. The largest absolute Gasteiger partial charge is 0.493 e. The summed E-state index contributed by atoms with van der Waals surface area (Å²) in [6, 6.07) is 6.51. The molecular formula is C10H8ClN3O. The molecule has 0 bridgehead atoms. The molecule has 76 valence electrons. The monoisotopic (exact) mass is 221 g/mol. The molecule has 0 radical (unpaired) electrons. The van der Waals surface area contributed by atoms with Gasteiger partial charge in [0.25, 0.3) is 0 Å². The molecule has 0 aliphatic heterocycles. The van der Waals surface area contributed by atoms with Gasteiger partial charge in [-0.15, -0.1) is 0 Å². The number of nitrogen functional groups attached to an aromatic ring is 1. The molecule has 0 saturated heterocycles. The lowest BCUT2D eigenvalue weighted by Gasteiger charge is -2.05. The highest BCUT2D eigenvalue weighted by molar-refractivity contribution is 6.31. The first-order chi connectivity index (χ1) is 7.16. The van der Waals surface area contributed by atoms with E-state index in [1.165, 1.54) is 12.4 Å². The van der Waals surface area contributed by atoms with E-state index < -0.39 is 0 Å². The summed E-state index contributed by atoms with van der Waals surface area (Å²) in [5, 5.41) is 9.78. The minimum absolute atomic E-state index is 0.0978. The van der Waals surface area contributed by atoms with Crippen LogP contribution in [0.2, 0.25) is 5.02 Å². The van der Waals surface area contributed by atoms with E-state index in [9.17, 15) is 5.11 Å². The molecule has 1 aromatic carbocycles. The fourth-order valence-corrected chi connectivity index (χ4v) is 1.42. The molecular weight excluding hydrogens is 214 g/mol. The van der Waals surface area contributed by atoms with Crippen LogP contribution in [-0.4, -0.2) is 15.1 Å². The Kier molecular flexibility index (Phi) is 2.43. The lowest BCUT2D eigenvalue weighted by Crippen LogP contribution is -1.92. The van der Waals surface area contributed by atoms with E-state index in [2.05, 4.69) is 9.97 Å². The van der Waals surface area contributed by atoms with Gasteiger partial charge in [0.1, 0.15) is 6.33 Å². The van der Waals surface area contributed by atoms with Crippen molar-refractivity contribution in [2.75, 3.05) is 5.73 Å². The van der Waals surface area contributed by atoms with E-state index in [1.807, 2.05) is 0 Å². The summed E-state index contributed by atoms with van der Waals surface area (Å²) < 4.78 is 0. The van der Waals surface area contributed by atoms with Gasteiger partial charge in [-0.1, -0.05) is 11.6 Å². The Morgan fingerprint density at radius 2 is 2.00 bits per heavy atom. The zero-order valence-electron chi connectivity index (χ0n) is 7.68. The number of hydrogen-bond donors (Lipinski definition) is 2. The standard InChI is InChI=1S/C10H8ClN3O/c11-6-1-2-8(12)7(3-6)9-4-10(15)14-5-13-9/h1-5H,12H2,(H,13,14,15). The van der Waals surface area contributed by atoms with Gasteiger partial charge in [-0.05, 0) is 18.2 Å². The van der Waals surface area contributed by atoms with Crippen molar-refractivity contribution < 1.29 is 5.11 Å². The highest BCUT2D eigenvalue weighted by Crippen LogP contribution is 2.28. The van der Waals surface area contributed by atoms with E-state index >= 15 is 0 Å². The molecule has 2 rings (SSSR count). The maximum absolute atomic E-state index is 9.21. The fraction of sp³-hybridized carbons (Fsp3) is 0. The second kappa shape index (κ2) is 3.74. The highest BCUT2D eigenvalue weighted by atomic mass is 35.5. The van der Waals surface area contributed by atoms with Crippen LogP contribution in [0.3, 0.4) is 0 Å². The number of anilines is 1. The molecule has 0 aliphatic carbocycles. The average Bonchev–Trinajstić information content (AvgIpc) is 2.22. The minimum atomic E-state index is -0.0978. The van der Waals surface area contributed by atoms with Crippen molar-refractivity contribution in [3.8, 4) is 17.1 Å². The quantitative estimate of drug-likeness (QED) is 0.724. The summed E-state index contributed by atoms with van der Waals surface area (Å²) >= 11 is 5.85. The Hall–Kier alpha value is -1.81. The van der Waals surface area contributed by atoms with Gasteiger partial charge >= 0.3 is 0 Å². The van der Waals surface area contributed by atoms with Crippen molar-refractivity contribution in [1.82, 2.24) is 9.97 Å². The predicted molar refractivity (Wildman–Crippen MR) is 58.6 cm³/mol. The summed E-state index contributed by atoms with van der Waals surface area (Å²) in [5.74, 6) is -0.0978. The Morgan fingerprint density at radius 3 is 2.73 bits per heavy atom. The normalized spacial score (nSPS) is 10.2.